The topological polar surface area (TPSA) is 63.2 Å². The van der Waals surface area contributed by atoms with Gasteiger partial charge in [-0.15, -0.1) is 0 Å². The number of pyridine rings is 1. The molecule has 0 radical (unpaired) electrons. The lowest BCUT2D eigenvalue weighted by Gasteiger charge is -2.28. The monoisotopic (exact) mass is 347 g/mol. The average Bonchev–Trinajstić information content (AvgIpc) is 2.63. The molecule has 2 rings (SSSR count). The van der Waals surface area contributed by atoms with Crippen molar-refractivity contribution in [2.24, 2.45) is 0 Å². The molecule has 1 unspecified atom stereocenters. The predicted octanol–water partition coefficient (Wildman–Crippen LogP) is 3.99. The molecular weight excluding hydrogens is 314 g/mol. The molecule has 1 fully saturated rings. The highest BCUT2D eigenvalue weighted by molar-refractivity contribution is 5.94. The molecule has 1 heterocycles. The van der Waals surface area contributed by atoms with E-state index in [-0.39, 0.29) is 5.97 Å². The van der Waals surface area contributed by atoms with Crippen LogP contribution in [0.1, 0.15) is 73.5 Å². The smallest absolute Gasteiger partial charge is 0.341 e. The Kier molecular flexibility index (Phi) is 7.69. The van der Waals surface area contributed by atoms with Crippen LogP contribution in [-0.2, 0) is 4.74 Å². The van der Waals surface area contributed by atoms with Crippen LogP contribution in [0, 0.1) is 13.8 Å². The Balaban J connectivity index is 1.93. The minimum absolute atomic E-state index is 0.342. The van der Waals surface area contributed by atoms with Gasteiger partial charge in [0, 0.05) is 24.3 Å². The second-order valence-electron chi connectivity index (χ2n) is 7.10. The highest BCUT2D eigenvalue weighted by Gasteiger charge is 2.18. The molecule has 1 aromatic rings. The van der Waals surface area contributed by atoms with Gasteiger partial charge in [-0.05, 0) is 51.2 Å². The van der Waals surface area contributed by atoms with Gasteiger partial charge in [0.1, 0.15) is 11.4 Å². The largest absolute Gasteiger partial charge is 0.465 e. The summed E-state index contributed by atoms with van der Waals surface area (Å²) >= 11 is 0. The number of anilines is 1. The van der Waals surface area contributed by atoms with Gasteiger partial charge in [-0.2, -0.15) is 0 Å². The molecule has 5 nitrogen and oxygen atoms in total. The summed E-state index contributed by atoms with van der Waals surface area (Å²) in [5.74, 6) is 0.285. The molecule has 140 valence electrons. The summed E-state index contributed by atoms with van der Waals surface area (Å²) < 4.78 is 4.89. The zero-order valence-corrected chi connectivity index (χ0v) is 16.2. The second-order valence-corrected chi connectivity index (χ2v) is 7.10. The number of nitrogens with zero attached hydrogens (tertiary/aromatic N) is 1. The molecule has 25 heavy (non-hydrogen) atoms. The van der Waals surface area contributed by atoms with Crippen LogP contribution in [0.5, 0.6) is 0 Å². The predicted molar refractivity (Wildman–Crippen MR) is 102 cm³/mol. The van der Waals surface area contributed by atoms with Gasteiger partial charge >= 0.3 is 5.97 Å². The molecule has 0 aliphatic heterocycles. The highest BCUT2D eigenvalue weighted by atomic mass is 16.5. The van der Waals surface area contributed by atoms with Gasteiger partial charge in [-0.3, -0.25) is 0 Å². The molecule has 1 saturated carbocycles. The number of nitrogens with one attached hydrogen (secondary N) is 2. The van der Waals surface area contributed by atoms with E-state index in [4.69, 9.17) is 4.74 Å². The normalized spacial score (nSPS) is 16.5. The highest BCUT2D eigenvalue weighted by Crippen LogP contribution is 2.20. The molecular formula is C20H33N3O2. The molecule has 1 aliphatic carbocycles. The number of carbonyl (C=O) groups is 1. The summed E-state index contributed by atoms with van der Waals surface area (Å²) in [6.07, 6.45) is 8.81. The Labute approximate surface area is 151 Å². The Bertz CT molecular complexity index is 568. The van der Waals surface area contributed by atoms with Gasteiger partial charge in [0.2, 0.25) is 0 Å². The van der Waals surface area contributed by atoms with Crippen LogP contribution >= 0.6 is 0 Å². The van der Waals surface area contributed by atoms with E-state index in [9.17, 15) is 4.79 Å². The fraction of sp³-hybridized carbons (Fsp3) is 0.700. The first-order chi connectivity index (χ1) is 12.0. The van der Waals surface area contributed by atoms with Crippen LogP contribution in [0.4, 0.5) is 5.82 Å². The molecule has 0 aromatic carbocycles. The second kappa shape index (κ2) is 9.76. The number of hydrogen-bond donors (Lipinski definition) is 2. The number of aromatic nitrogens is 1. The van der Waals surface area contributed by atoms with Crippen molar-refractivity contribution >= 4 is 11.8 Å². The van der Waals surface area contributed by atoms with Crippen molar-refractivity contribution < 1.29 is 9.53 Å². The van der Waals surface area contributed by atoms with Crippen LogP contribution in [0.15, 0.2) is 6.07 Å². The fourth-order valence-corrected chi connectivity index (χ4v) is 3.48. The molecule has 0 amide bonds. The zero-order valence-electron chi connectivity index (χ0n) is 16.2. The summed E-state index contributed by atoms with van der Waals surface area (Å²) in [6.45, 7) is 6.94. The summed E-state index contributed by atoms with van der Waals surface area (Å²) in [4.78, 5) is 16.5. The standard InChI is InChI=1S/C20H33N3O2/c1-5-16(23-17-9-7-6-8-10-17)11-12-21-19-18(20(24)25-4)13-14(2)15(3)22-19/h13,16-17,23H,5-12H2,1-4H3,(H,21,22). The van der Waals surface area contributed by atoms with E-state index in [1.807, 2.05) is 19.9 Å². The Hall–Kier alpha value is -1.62. The third-order valence-electron chi connectivity index (χ3n) is 5.23. The first kappa shape index (κ1) is 19.7. The van der Waals surface area contributed by atoms with Crippen LogP contribution in [-0.4, -0.2) is 36.7 Å². The zero-order chi connectivity index (χ0) is 18.2. The van der Waals surface area contributed by atoms with E-state index < -0.39 is 0 Å². The number of esters is 1. The lowest BCUT2D eigenvalue weighted by molar-refractivity contribution is 0.0601. The van der Waals surface area contributed by atoms with Crippen molar-refractivity contribution in [1.29, 1.82) is 0 Å². The van der Waals surface area contributed by atoms with Crippen molar-refractivity contribution in [2.45, 2.75) is 77.8 Å². The minimum atomic E-state index is -0.342. The maximum absolute atomic E-state index is 12.0. The lowest BCUT2D eigenvalue weighted by Crippen LogP contribution is -2.40. The molecule has 5 heteroatoms. The lowest BCUT2D eigenvalue weighted by atomic mass is 9.94. The quantitative estimate of drug-likeness (QED) is 0.696. The number of methoxy groups -OCH3 is 1. The first-order valence-corrected chi connectivity index (χ1v) is 9.61. The van der Waals surface area contributed by atoms with Crippen LogP contribution in [0.25, 0.3) is 0 Å². The van der Waals surface area contributed by atoms with Crippen LogP contribution in [0.3, 0.4) is 0 Å². The van der Waals surface area contributed by atoms with Crippen molar-refractivity contribution in [1.82, 2.24) is 10.3 Å². The van der Waals surface area contributed by atoms with Gasteiger partial charge < -0.3 is 15.4 Å². The number of ether oxygens (including phenoxy) is 1. The SMILES string of the molecule is CCC(CCNc1nc(C)c(C)cc1C(=O)OC)NC1CCCCC1. The maximum Gasteiger partial charge on any atom is 0.341 e. The molecule has 0 bridgehead atoms. The van der Waals surface area contributed by atoms with E-state index in [0.717, 1.165) is 30.6 Å². The fourth-order valence-electron chi connectivity index (χ4n) is 3.48. The van der Waals surface area contributed by atoms with Crippen molar-refractivity contribution in [3.8, 4) is 0 Å². The number of aryl methyl sites for hydroxylation is 2. The van der Waals surface area contributed by atoms with E-state index in [1.54, 1.807) is 0 Å². The molecule has 2 N–H and O–H groups in total. The molecule has 1 atom stereocenters. The van der Waals surface area contributed by atoms with Crippen molar-refractivity contribution in [3.05, 3.63) is 22.9 Å². The molecule has 1 aliphatic rings. The summed E-state index contributed by atoms with van der Waals surface area (Å²) in [6, 6.07) is 3.03. The van der Waals surface area contributed by atoms with Gasteiger partial charge in [0.05, 0.1) is 7.11 Å². The number of carbonyl (C=O) groups excluding carboxylic acids is 1. The van der Waals surface area contributed by atoms with Gasteiger partial charge in [-0.1, -0.05) is 26.2 Å². The van der Waals surface area contributed by atoms with Crippen molar-refractivity contribution in [2.75, 3.05) is 19.0 Å². The van der Waals surface area contributed by atoms with E-state index in [1.165, 1.54) is 39.2 Å². The van der Waals surface area contributed by atoms with E-state index >= 15 is 0 Å². The molecule has 0 spiro atoms. The first-order valence-electron chi connectivity index (χ1n) is 9.61. The van der Waals surface area contributed by atoms with Gasteiger partial charge in [0.25, 0.3) is 0 Å². The van der Waals surface area contributed by atoms with Gasteiger partial charge in [-0.25, -0.2) is 9.78 Å². The Morgan fingerprint density at radius 2 is 2.04 bits per heavy atom. The molecule has 1 aromatic heterocycles. The van der Waals surface area contributed by atoms with E-state index in [2.05, 4.69) is 22.5 Å². The summed E-state index contributed by atoms with van der Waals surface area (Å²) in [7, 11) is 1.41. The number of hydrogen-bond acceptors (Lipinski definition) is 5. The molecule has 0 saturated heterocycles. The maximum atomic E-state index is 12.0. The van der Waals surface area contributed by atoms with Gasteiger partial charge in [0.15, 0.2) is 0 Å². The summed E-state index contributed by atoms with van der Waals surface area (Å²) in [5, 5.41) is 7.16. The van der Waals surface area contributed by atoms with Crippen molar-refractivity contribution in [3.63, 3.8) is 0 Å². The van der Waals surface area contributed by atoms with E-state index in [0.29, 0.717) is 23.5 Å². The van der Waals surface area contributed by atoms with Crippen LogP contribution in [0.2, 0.25) is 0 Å². The summed E-state index contributed by atoms with van der Waals surface area (Å²) in [5.41, 5.74) is 2.44. The third kappa shape index (κ3) is 5.70. The van der Waals surface area contributed by atoms with Crippen LogP contribution < -0.4 is 10.6 Å². The average molecular weight is 348 g/mol. The Morgan fingerprint density at radius 3 is 2.68 bits per heavy atom. The Morgan fingerprint density at radius 1 is 1.32 bits per heavy atom. The number of rotatable bonds is 8. The third-order valence-corrected chi connectivity index (χ3v) is 5.23. The minimum Gasteiger partial charge on any atom is -0.465 e.